The van der Waals surface area contributed by atoms with Crippen molar-refractivity contribution in [1.29, 1.82) is 0 Å². The number of anilines is 3. The molecule has 10 heteroatoms. The van der Waals surface area contributed by atoms with Crippen LogP contribution in [0.1, 0.15) is 17.0 Å². The van der Waals surface area contributed by atoms with Gasteiger partial charge in [-0.25, -0.2) is 9.97 Å². The van der Waals surface area contributed by atoms with E-state index >= 15 is 0 Å². The molecular formula is C22H26N6O3S. The Morgan fingerprint density at radius 2 is 2.16 bits per heavy atom. The molecule has 3 aromatic rings. The van der Waals surface area contributed by atoms with Gasteiger partial charge in [0.1, 0.15) is 5.82 Å². The molecule has 4 rings (SSSR count). The predicted molar refractivity (Wildman–Crippen MR) is 124 cm³/mol. The SMILES string of the molecule is Cc1nc(NCc2cc(N(C)Cc3cccnc3)cc(N3CCOCC3)n2)sc1OC=O. The van der Waals surface area contributed by atoms with Gasteiger partial charge in [0.05, 0.1) is 31.1 Å². The van der Waals surface area contributed by atoms with Gasteiger partial charge >= 0.3 is 0 Å². The molecule has 0 spiro atoms. The van der Waals surface area contributed by atoms with Crippen LogP contribution >= 0.6 is 11.3 Å². The Balaban J connectivity index is 1.55. The second-order valence-corrected chi connectivity index (χ2v) is 8.41. The summed E-state index contributed by atoms with van der Waals surface area (Å²) in [4.78, 5) is 28.6. The molecule has 0 radical (unpaired) electrons. The highest BCUT2D eigenvalue weighted by Crippen LogP contribution is 2.30. The van der Waals surface area contributed by atoms with Crippen LogP contribution in [-0.4, -0.2) is 54.8 Å². The van der Waals surface area contributed by atoms with Gasteiger partial charge in [0.2, 0.25) is 5.06 Å². The maximum Gasteiger partial charge on any atom is 0.299 e. The first-order chi connectivity index (χ1) is 15.6. The molecule has 0 aromatic carbocycles. The van der Waals surface area contributed by atoms with E-state index in [4.69, 9.17) is 14.5 Å². The Bertz CT molecular complexity index is 1040. The van der Waals surface area contributed by atoms with E-state index in [1.54, 1.807) is 6.20 Å². The summed E-state index contributed by atoms with van der Waals surface area (Å²) in [6.45, 7) is 6.49. The fourth-order valence-corrected chi connectivity index (χ4v) is 4.24. The molecule has 1 aliphatic rings. The maximum atomic E-state index is 10.6. The highest BCUT2D eigenvalue weighted by Gasteiger charge is 2.16. The normalized spacial score (nSPS) is 13.6. The molecule has 4 heterocycles. The number of carbonyl (C=O) groups excluding carboxylic acids is 1. The van der Waals surface area contributed by atoms with Gasteiger partial charge in [-0.1, -0.05) is 17.4 Å². The van der Waals surface area contributed by atoms with E-state index in [1.807, 2.05) is 19.2 Å². The number of hydrogen-bond donors (Lipinski definition) is 1. The van der Waals surface area contributed by atoms with Crippen LogP contribution in [0, 0.1) is 6.92 Å². The summed E-state index contributed by atoms with van der Waals surface area (Å²) >= 11 is 1.30. The first-order valence-corrected chi connectivity index (χ1v) is 11.2. The molecule has 0 unspecified atom stereocenters. The molecule has 1 aliphatic heterocycles. The molecule has 0 saturated carbocycles. The molecule has 0 aliphatic carbocycles. The number of morpholine rings is 1. The monoisotopic (exact) mass is 454 g/mol. The minimum Gasteiger partial charge on any atom is -0.416 e. The molecule has 3 aromatic heterocycles. The fourth-order valence-electron chi connectivity index (χ4n) is 3.46. The summed E-state index contributed by atoms with van der Waals surface area (Å²) in [5.74, 6) is 0.931. The average molecular weight is 455 g/mol. The zero-order chi connectivity index (χ0) is 22.3. The summed E-state index contributed by atoms with van der Waals surface area (Å²) in [7, 11) is 2.07. The lowest BCUT2D eigenvalue weighted by molar-refractivity contribution is -0.120. The lowest BCUT2D eigenvalue weighted by atomic mass is 10.2. The van der Waals surface area contributed by atoms with Crippen LogP contribution in [0.3, 0.4) is 0 Å². The molecular weight excluding hydrogens is 428 g/mol. The highest BCUT2D eigenvalue weighted by molar-refractivity contribution is 7.17. The van der Waals surface area contributed by atoms with Crippen LogP contribution in [0.4, 0.5) is 16.6 Å². The Labute approximate surface area is 191 Å². The minimum atomic E-state index is 0.419. The van der Waals surface area contributed by atoms with E-state index in [0.29, 0.717) is 42.1 Å². The van der Waals surface area contributed by atoms with Crippen LogP contribution in [0.15, 0.2) is 36.7 Å². The van der Waals surface area contributed by atoms with Gasteiger partial charge in [-0.3, -0.25) is 9.78 Å². The molecule has 0 bridgehead atoms. The zero-order valence-corrected chi connectivity index (χ0v) is 19.0. The van der Waals surface area contributed by atoms with E-state index in [9.17, 15) is 4.79 Å². The van der Waals surface area contributed by atoms with Crippen LogP contribution in [0.25, 0.3) is 0 Å². The smallest absolute Gasteiger partial charge is 0.299 e. The van der Waals surface area contributed by atoms with Crippen LogP contribution in [0.2, 0.25) is 0 Å². The molecule has 0 amide bonds. The van der Waals surface area contributed by atoms with Gasteiger partial charge in [0.25, 0.3) is 6.47 Å². The molecule has 1 N–H and O–H groups in total. The number of aryl methyl sites for hydroxylation is 1. The van der Waals surface area contributed by atoms with Gasteiger partial charge in [-0.15, -0.1) is 0 Å². The van der Waals surface area contributed by atoms with Crippen molar-refractivity contribution in [1.82, 2.24) is 15.0 Å². The molecule has 1 saturated heterocycles. The van der Waals surface area contributed by atoms with E-state index in [-0.39, 0.29) is 0 Å². The second kappa shape index (κ2) is 10.4. The predicted octanol–water partition coefficient (Wildman–Crippen LogP) is 2.86. The number of thiazole rings is 1. The van der Waals surface area contributed by atoms with Crippen LogP contribution in [-0.2, 0) is 22.6 Å². The van der Waals surface area contributed by atoms with Crippen molar-refractivity contribution in [3.8, 4) is 5.06 Å². The summed E-state index contributed by atoms with van der Waals surface area (Å²) < 4.78 is 10.5. The number of nitrogens with one attached hydrogen (secondary N) is 1. The van der Waals surface area contributed by atoms with Crippen LogP contribution < -0.4 is 19.9 Å². The van der Waals surface area contributed by atoms with Crippen molar-refractivity contribution in [2.75, 3.05) is 48.5 Å². The minimum absolute atomic E-state index is 0.419. The Hall–Kier alpha value is -3.24. The fraction of sp³-hybridized carbons (Fsp3) is 0.364. The first-order valence-electron chi connectivity index (χ1n) is 10.4. The molecule has 1 fully saturated rings. The zero-order valence-electron chi connectivity index (χ0n) is 18.2. The Morgan fingerprint density at radius 1 is 1.31 bits per heavy atom. The molecule has 32 heavy (non-hydrogen) atoms. The van der Waals surface area contributed by atoms with Gasteiger partial charge < -0.3 is 24.6 Å². The number of carbonyl (C=O) groups is 1. The quantitative estimate of drug-likeness (QED) is 0.490. The molecule has 9 nitrogen and oxygen atoms in total. The molecule has 168 valence electrons. The van der Waals surface area contributed by atoms with E-state index in [1.165, 1.54) is 11.3 Å². The lowest BCUT2D eigenvalue weighted by Gasteiger charge is -2.29. The number of hydrogen-bond acceptors (Lipinski definition) is 10. The van der Waals surface area contributed by atoms with E-state index < -0.39 is 0 Å². The van der Waals surface area contributed by atoms with Crippen molar-refractivity contribution in [3.05, 3.63) is 53.6 Å². The summed E-state index contributed by atoms with van der Waals surface area (Å²) in [5.41, 5.74) is 3.78. The largest absolute Gasteiger partial charge is 0.416 e. The van der Waals surface area contributed by atoms with Crippen molar-refractivity contribution in [3.63, 3.8) is 0 Å². The number of pyridine rings is 2. The van der Waals surface area contributed by atoms with Gasteiger partial charge in [0, 0.05) is 50.8 Å². The number of rotatable bonds is 9. The third kappa shape index (κ3) is 5.51. The Kier molecular flexibility index (Phi) is 7.13. The third-order valence-electron chi connectivity index (χ3n) is 5.10. The Morgan fingerprint density at radius 3 is 2.91 bits per heavy atom. The summed E-state index contributed by atoms with van der Waals surface area (Å²) in [6, 6.07) is 8.22. The van der Waals surface area contributed by atoms with E-state index in [2.05, 4.69) is 50.3 Å². The van der Waals surface area contributed by atoms with Crippen molar-refractivity contribution in [2.45, 2.75) is 20.0 Å². The second-order valence-electron chi connectivity index (χ2n) is 7.45. The maximum absolute atomic E-state index is 10.6. The molecule has 0 atom stereocenters. The lowest BCUT2D eigenvalue weighted by Crippen LogP contribution is -2.37. The third-order valence-corrected chi connectivity index (χ3v) is 6.10. The number of nitrogens with zero attached hydrogens (tertiary/aromatic N) is 5. The van der Waals surface area contributed by atoms with Crippen molar-refractivity contribution < 1.29 is 14.3 Å². The van der Waals surface area contributed by atoms with Gasteiger partial charge in [0.15, 0.2) is 5.13 Å². The van der Waals surface area contributed by atoms with Gasteiger partial charge in [-0.2, -0.15) is 0 Å². The highest BCUT2D eigenvalue weighted by atomic mass is 32.1. The average Bonchev–Trinajstić information content (AvgIpc) is 3.18. The summed E-state index contributed by atoms with van der Waals surface area (Å²) in [6.07, 6.45) is 3.66. The van der Waals surface area contributed by atoms with Crippen LogP contribution in [0.5, 0.6) is 5.06 Å². The number of aromatic nitrogens is 3. The first kappa shape index (κ1) is 22.0. The number of ether oxygens (including phenoxy) is 2. The van der Waals surface area contributed by atoms with Crippen molar-refractivity contribution in [2.24, 2.45) is 0 Å². The van der Waals surface area contributed by atoms with Gasteiger partial charge in [-0.05, 0) is 24.6 Å². The standard InChI is InChI=1S/C22H26N6O3S/c1-16-21(31-15-29)32-22(25-16)24-13-18-10-19(27(2)14-17-4-3-5-23-12-17)11-20(26-18)28-6-8-30-9-7-28/h3-5,10-12,15H,6-9,13-14H2,1-2H3,(H,24,25). The van der Waals surface area contributed by atoms with Crippen molar-refractivity contribution >= 4 is 34.4 Å². The topological polar surface area (TPSA) is 92.7 Å². The summed E-state index contributed by atoms with van der Waals surface area (Å²) in [5, 5.41) is 4.48. The van der Waals surface area contributed by atoms with E-state index in [0.717, 1.165) is 42.4 Å².